The van der Waals surface area contributed by atoms with Gasteiger partial charge in [0.15, 0.2) is 0 Å². The molecule has 0 amide bonds. The number of benzene rings is 1. The van der Waals surface area contributed by atoms with E-state index in [9.17, 15) is 0 Å². The molecule has 1 fully saturated rings. The van der Waals surface area contributed by atoms with Crippen molar-refractivity contribution in [2.45, 2.75) is 19.3 Å². The molecular formula is C15H19N5. The minimum Gasteiger partial charge on any atom is -0.383 e. The maximum atomic E-state index is 5.89. The highest BCUT2D eigenvalue weighted by Crippen LogP contribution is 2.27. The first kappa shape index (κ1) is 12.7. The number of nitrogens with zero attached hydrogens (tertiary/aromatic N) is 3. The van der Waals surface area contributed by atoms with Gasteiger partial charge in [0.2, 0.25) is 5.95 Å². The smallest absolute Gasteiger partial charge is 0.221 e. The quantitative estimate of drug-likeness (QED) is 0.874. The van der Waals surface area contributed by atoms with E-state index in [4.69, 9.17) is 11.5 Å². The highest BCUT2D eigenvalue weighted by Gasteiger charge is 2.11. The van der Waals surface area contributed by atoms with Crippen molar-refractivity contribution in [3.05, 3.63) is 30.5 Å². The Morgan fingerprint density at radius 1 is 0.950 bits per heavy atom. The third-order valence-electron chi connectivity index (χ3n) is 3.74. The number of hydrogen-bond acceptors (Lipinski definition) is 5. The molecule has 5 heteroatoms. The average molecular weight is 269 g/mol. The van der Waals surface area contributed by atoms with Gasteiger partial charge in [0, 0.05) is 30.5 Å². The summed E-state index contributed by atoms with van der Waals surface area (Å²) in [6, 6.07) is 8.40. The molecule has 0 bridgehead atoms. The van der Waals surface area contributed by atoms with E-state index < -0.39 is 0 Å². The summed E-state index contributed by atoms with van der Waals surface area (Å²) in [7, 11) is 0. The molecule has 20 heavy (non-hydrogen) atoms. The van der Waals surface area contributed by atoms with E-state index in [1.165, 1.54) is 24.9 Å². The largest absolute Gasteiger partial charge is 0.383 e. The third kappa shape index (κ3) is 2.52. The first-order chi connectivity index (χ1) is 9.74. The lowest BCUT2D eigenvalue weighted by atomic mass is 10.1. The summed E-state index contributed by atoms with van der Waals surface area (Å²) >= 11 is 0. The molecule has 2 heterocycles. The summed E-state index contributed by atoms with van der Waals surface area (Å²) in [6.07, 6.45) is 5.57. The molecule has 2 aromatic rings. The van der Waals surface area contributed by atoms with Gasteiger partial charge in [0.1, 0.15) is 5.82 Å². The van der Waals surface area contributed by atoms with Gasteiger partial charge >= 0.3 is 0 Å². The zero-order chi connectivity index (χ0) is 13.9. The van der Waals surface area contributed by atoms with Crippen molar-refractivity contribution in [3.63, 3.8) is 0 Å². The average Bonchev–Trinajstić information content (AvgIpc) is 2.48. The van der Waals surface area contributed by atoms with Crippen LogP contribution in [0.3, 0.4) is 0 Å². The SMILES string of the molecule is Nc1ncc(-c2ccc(N3CCCCC3)cc2)c(N)n1. The van der Waals surface area contributed by atoms with Crippen molar-refractivity contribution in [1.29, 1.82) is 0 Å². The molecule has 3 rings (SSSR count). The van der Waals surface area contributed by atoms with Gasteiger partial charge in [-0.2, -0.15) is 4.98 Å². The van der Waals surface area contributed by atoms with Gasteiger partial charge in [0.05, 0.1) is 0 Å². The second-order valence-corrected chi connectivity index (χ2v) is 5.12. The Kier molecular flexibility index (Phi) is 3.41. The zero-order valence-electron chi connectivity index (χ0n) is 11.4. The molecule has 1 saturated heterocycles. The Labute approximate surface area is 118 Å². The fraction of sp³-hybridized carbons (Fsp3) is 0.333. The van der Waals surface area contributed by atoms with Gasteiger partial charge in [-0.15, -0.1) is 0 Å². The molecule has 1 aromatic heterocycles. The van der Waals surface area contributed by atoms with Crippen LogP contribution in [-0.2, 0) is 0 Å². The van der Waals surface area contributed by atoms with E-state index >= 15 is 0 Å². The number of anilines is 3. The molecule has 0 atom stereocenters. The molecule has 0 aliphatic carbocycles. The van der Waals surface area contributed by atoms with Gasteiger partial charge in [-0.1, -0.05) is 12.1 Å². The predicted molar refractivity (Wildman–Crippen MR) is 82.4 cm³/mol. The van der Waals surface area contributed by atoms with Crippen LogP contribution in [0.15, 0.2) is 30.5 Å². The summed E-state index contributed by atoms with van der Waals surface area (Å²) in [5.41, 5.74) is 14.5. The Balaban J connectivity index is 1.85. The van der Waals surface area contributed by atoms with E-state index in [2.05, 4.69) is 39.1 Å². The van der Waals surface area contributed by atoms with Gasteiger partial charge in [-0.05, 0) is 37.0 Å². The lowest BCUT2D eigenvalue weighted by molar-refractivity contribution is 0.578. The molecule has 104 valence electrons. The van der Waals surface area contributed by atoms with Crippen LogP contribution in [0.5, 0.6) is 0 Å². The van der Waals surface area contributed by atoms with E-state index in [1.807, 2.05) is 0 Å². The lowest BCUT2D eigenvalue weighted by Crippen LogP contribution is -2.29. The van der Waals surface area contributed by atoms with Crippen molar-refractivity contribution >= 4 is 17.5 Å². The van der Waals surface area contributed by atoms with E-state index in [0.29, 0.717) is 5.82 Å². The Hall–Kier alpha value is -2.30. The van der Waals surface area contributed by atoms with Crippen LogP contribution < -0.4 is 16.4 Å². The summed E-state index contributed by atoms with van der Waals surface area (Å²) in [5, 5.41) is 0. The summed E-state index contributed by atoms with van der Waals surface area (Å²) in [6.45, 7) is 2.29. The molecule has 0 saturated carbocycles. The van der Waals surface area contributed by atoms with Gasteiger partial charge < -0.3 is 16.4 Å². The number of aromatic nitrogens is 2. The first-order valence-corrected chi connectivity index (χ1v) is 6.97. The minimum absolute atomic E-state index is 0.205. The van der Waals surface area contributed by atoms with Crippen molar-refractivity contribution in [3.8, 4) is 11.1 Å². The highest BCUT2D eigenvalue weighted by atomic mass is 15.1. The number of piperidine rings is 1. The maximum Gasteiger partial charge on any atom is 0.221 e. The summed E-state index contributed by atoms with van der Waals surface area (Å²) in [4.78, 5) is 10.4. The van der Waals surface area contributed by atoms with Crippen LogP contribution in [0.1, 0.15) is 19.3 Å². The second kappa shape index (κ2) is 5.36. The summed E-state index contributed by atoms with van der Waals surface area (Å²) in [5.74, 6) is 0.624. The fourth-order valence-electron chi connectivity index (χ4n) is 2.64. The zero-order valence-corrected chi connectivity index (χ0v) is 11.4. The van der Waals surface area contributed by atoms with Crippen LogP contribution in [-0.4, -0.2) is 23.1 Å². The van der Waals surface area contributed by atoms with Gasteiger partial charge in [-0.3, -0.25) is 0 Å². The van der Waals surface area contributed by atoms with Crippen LogP contribution in [0.2, 0.25) is 0 Å². The molecule has 5 nitrogen and oxygen atoms in total. The molecule has 4 N–H and O–H groups in total. The molecule has 0 radical (unpaired) electrons. The number of nitrogens with two attached hydrogens (primary N) is 2. The maximum absolute atomic E-state index is 5.89. The van der Waals surface area contributed by atoms with E-state index in [0.717, 1.165) is 24.2 Å². The minimum atomic E-state index is 0.205. The molecule has 0 spiro atoms. The number of nitrogen functional groups attached to an aromatic ring is 2. The van der Waals surface area contributed by atoms with E-state index in [-0.39, 0.29) is 5.95 Å². The molecule has 0 unspecified atom stereocenters. The number of hydrogen-bond donors (Lipinski definition) is 2. The summed E-state index contributed by atoms with van der Waals surface area (Å²) < 4.78 is 0. The van der Waals surface area contributed by atoms with Crippen molar-refractivity contribution in [2.24, 2.45) is 0 Å². The normalized spacial score (nSPS) is 15.3. The second-order valence-electron chi connectivity index (χ2n) is 5.12. The Morgan fingerprint density at radius 2 is 1.65 bits per heavy atom. The van der Waals surface area contributed by atoms with Gasteiger partial charge in [0.25, 0.3) is 0 Å². The van der Waals surface area contributed by atoms with Crippen molar-refractivity contribution in [1.82, 2.24) is 9.97 Å². The number of rotatable bonds is 2. The lowest BCUT2D eigenvalue weighted by Gasteiger charge is -2.28. The van der Waals surface area contributed by atoms with Crippen LogP contribution >= 0.6 is 0 Å². The predicted octanol–water partition coefficient (Wildman–Crippen LogP) is 2.30. The fourth-order valence-corrected chi connectivity index (χ4v) is 2.64. The van der Waals surface area contributed by atoms with Crippen LogP contribution in [0, 0.1) is 0 Å². The standard InChI is InChI=1S/C15H19N5/c16-14-13(10-18-15(17)19-14)11-4-6-12(7-5-11)20-8-2-1-3-9-20/h4-7,10H,1-3,8-9H2,(H4,16,17,18,19). The Morgan fingerprint density at radius 3 is 2.30 bits per heavy atom. The topological polar surface area (TPSA) is 81.1 Å². The molecule has 1 aromatic carbocycles. The molecule has 1 aliphatic rings. The van der Waals surface area contributed by atoms with Crippen molar-refractivity contribution in [2.75, 3.05) is 29.5 Å². The van der Waals surface area contributed by atoms with Gasteiger partial charge in [-0.25, -0.2) is 4.98 Å². The van der Waals surface area contributed by atoms with Crippen LogP contribution in [0.4, 0.5) is 17.5 Å². The third-order valence-corrected chi connectivity index (χ3v) is 3.74. The van der Waals surface area contributed by atoms with Crippen molar-refractivity contribution < 1.29 is 0 Å². The van der Waals surface area contributed by atoms with Crippen LogP contribution in [0.25, 0.3) is 11.1 Å². The first-order valence-electron chi connectivity index (χ1n) is 6.97. The Bertz CT molecular complexity index is 588. The highest BCUT2D eigenvalue weighted by molar-refractivity contribution is 5.74. The molecular weight excluding hydrogens is 250 g/mol. The van der Waals surface area contributed by atoms with E-state index in [1.54, 1.807) is 6.20 Å². The molecule has 1 aliphatic heterocycles. The monoisotopic (exact) mass is 269 g/mol.